The quantitative estimate of drug-likeness (QED) is 0.788. The highest BCUT2D eigenvalue weighted by molar-refractivity contribution is 5.98. The van der Waals surface area contributed by atoms with E-state index >= 15 is 0 Å². The van der Waals surface area contributed by atoms with Crippen molar-refractivity contribution < 1.29 is 24.1 Å². The maximum atomic E-state index is 12.6. The fourth-order valence-electron chi connectivity index (χ4n) is 2.10. The van der Waals surface area contributed by atoms with Gasteiger partial charge in [-0.1, -0.05) is 0 Å². The number of aliphatic hydroxyl groups is 1. The van der Waals surface area contributed by atoms with Crippen LogP contribution in [0.1, 0.15) is 23.7 Å². The summed E-state index contributed by atoms with van der Waals surface area (Å²) in [5, 5.41) is 8.92. The van der Waals surface area contributed by atoms with Crippen molar-refractivity contribution in [3.8, 4) is 17.2 Å². The molecule has 0 fully saturated rings. The highest BCUT2D eigenvalue weighted by Gasteiger charge is 2.23. The average molecular weight is 297 g/mol. The standard InChI is InChI=1S/C15H23NO5/c1-5-16(9-6-10-17)15(18)11-7-8-12(19-2)14(21-4)13(11)20-3/h7-8,17H,5-6,9-10H2,1-4H3. The predicted octanol–water partition coefficient (Wildman–Crippen LogP) is 1.56. The summed E-state index contributed by atoms with van der Waals surface area (Å²) >= 11 is 0. The van der Waals surface area contributed by atoms with Crippen molar-refractivity contribution in [2.24, 2.45) is 0 Å². The molecule has 0 bridgehead atoms. The van der Waals surface area contributed by atoms with E-state index in [1.165, 1.54) is 21.3 Å². The largest absolute Gasteiger partial charge is 0.493 e. The maximum Gasteiger partial charge on any atom is 0.257 e. The Kier molecular flexibility index (Phi) is 6.81. The van der Waals surface area contributed by atoms with E-state index in [0.717, 1.165) is 0 Å². The first-order chi connectivity index (χ1) is 10.1. The number of nitrogens with zero attached hydrogens (tertiary/aromatic N) is 1. The van der Waals surface area contributed by atoms with Gasteiger partial charge in [0.15, 0.2) is 11.5 Å². The number of ether oxygens (including phenoxy) is 3. The molecule has 1 aromatic carbocycles. The third-order valence-electron chi connectivity index (χ3n) is 3.19. The summed E-state index contributed by atoms with van der Waals surface area (Å²) in [6.07, 6.45) is 0.537. The molecule has 0 spiro atoms. The van der Waals surface area contributed by atoms with Crippen molar-refractivity contribution >= 4 is 5.91 Å². The minimum Gasteiger partial charge on any atom is -0.493 e. The summed E-state index contributed by atoms with van der Waals surface area (Å²) in [6, 6.07) is 3.33. The minimum absolute atomic E-state index is 0.0485. The Hall–Kier alpha value is -1.95. The summed E-state index contributed by atoms with van der Waals surface area (Å²) < 4.78 is 15.8. The predicted molar refractivity (Wildman–Crippen MR) is 79.4 cm³/mol. The van der Waals surface area contributed by atoms with Crippen LogP contribution in [0.4, 0.5) is 0 Å². The second-order valence-corrected chi connectivity index (χ2v) is 4.34. The van der Waals surface area contributed by atoms with Gasteiger partial charge in [-0.15, -0.1) is 0 Å². The number of hydrogen-bond donors (Lipinski definition) is 1. The normalized spacial score (nSPS) is 10.1. The monoisotopic (exact) mass is 297 g/mol. The fourth-order valence-corrected chi connectivity index (χ4v) is 2.10. The summed E-state index contributed by atoms with van der Waals surface area (Å²) in [4.78, 5) is 14.2. The SMILES string of the molecule is CCN(CCCO)C(=O)c1ccc(OC)c(OC)c1OC. The van der Waals surface area contributed by atoms with E-state index < -0.39 is 0 Å². The molecule has 0 heterocycles. The van der Waals surface area contributed by atoms with Crippen LogP contribution in [-0.4, -0.2) is 56.9 Å². The third-order valence-corrected chi connectivity index (χ3v) is 3.19. The summed E-state index contributed by atoms with van der Waals surface area (Å²) in [5.74, 6) is 1.08. The molecule has 0 aliphatic rings. The molecule has 0 radical (unpaired) electrons. The van der Waals surface area contributed by atoms with Crippen LogP contribution in [0.25, 0.3) is 0 Å². The molecule has 0 saturated heterocycles. The van der Waals surface area contributed by atoms with Gasteiger partial charge in [0.2, 0.25) is 5.75 Å². The van der Waals surface area contributed by atoms with E-state index in [1.807, 2.05) is 6.92 Å². The molecule has 6 heteroatoms. The van der Waals surface area contributed by atoms with Gasteiger partial charge < -0.3 is 24.2 Å². The van der Waals surface area contributed by atoms with Gasteiger partial charge in [0.05, 0.1) is 26.9 Å². The Morgan fingerprint density at radius 2 is 1.81 bits per heavy atom. The molecule has 0 unspecified atom stereocenters. The highest BCUT2D eigenvalue weighted by atomic mass is 16.5. The topological polar surface area (TPSA) is 68.2 Å². The molecule has 1 aromatic rings. The molecule has 21 heavy (non-hydrogen) atoms. The number of benzene rings is 1. The van der Waals surface area contributed by atoms with Crippen LogP contribution in [0, 0.1) is 0 Å². The molecule has 1 rings (SSSR count). The van der Waals surface area contributed by atoms with Crippen molar-refractivity contribution in [1.29, 1.82) is 0 Å². The average Bonchev–Trinajstić information content (AvgIpc) is 2.53. The molecule has 0 aliphatic carbocycles. The smallest absolute Gasteiger partial charge is 0.257 e. The van der Waals surface area contributed by atoms with E-state index in [0.29, 0.717) is 42.3 Å². The molecule has 6 nitrogen and oxygen atoms in total. The van der Waals surface area contributed by atoms with Crippen molar-refractivity contribution in [3.05, 3.63) is 17.7 Å². The van der Waals surface area contributed by atoms with E-state index in [4.69, 9.17) is 19.3 Å². The molecule has 0 saturated carbocycles. The maximum absolute atomic E-state index is 12.6. The fraction of sp³-hybridized carbons (Fsp3) is 0.533. The van der Waals surface area contributed by atoms with Crippen LogP contribution < -0.4 is 14.2 Å². The van der Waals surface area contributed by atoms with Crippen LogP contribution in [0.3, 0.4) is 0 Å². The van der Waals surface area contributed by atoms with Crippen molar-refractivity contribution in [2.45, 2.75) is 13.3 Å². The number of rotatable bonds is 8. The van der Waals surface area contributed by atoms with Gasteiger partial charge in [-0.05, 0) is 25.5 Å². The molecule has 0 aliphatic heterocycles. The van der Waals surface area contributed by atoms with Crippen molar-refractivity contribution in [1.82, 2.24) is 4.90 Å². The lowest BCUT2D eigenvalue weighted by molar-refractivity contribution is 0.0750. The van der Waals surface area contributed by atoms with Crippen LogP contribution in [0.5, 0.6) is 17.2 Å². The van der Waals surface area contributed by atoms with E-state index in [9.17, 15) is 4.79 Å². The van der Waals surface area contributed by atoms with E-state index in [1.54, 1.807) is 17.0 Å². The Morgan fingerprint density at radius 3 is 2.29 bits per heavy atom. The summed E-state index contributed by atoms with van der Waals surface area (Å²) in [7, 11) is 4.51. The van der Waals surface area contributed by atoms with Crippen LogP contribution in [-0.2, 0) is 0 Å². The molecule has 0 aromatic heterocycles. The van der Waals surface area contributed by atoms with E-state index in [-0.39, 0.29) is 12.5 Å². The van der Waals surface area contributed by atoms with Gasteiger partial charge in [-0.2, -0.15) is 0 Å². The van der Waals surface area contributed by atoms with E-state index in [2.05, 4.69) is 0 Å². The Balaban J connectivity index is 3.19. The zero-order chi connectivity index (χ0) is 15.8. The van der Waals surface area contributed by atoms with Gasteiger partial charge in [0.25, 0.3) is 5.91 Å². The number of carbonyl (C=O) groups is 1. The first kappa shape index (κ1) is 17.1. The molecular weight excluding hydrogens is 274 g/mol. The zero-order valence-corrected chi connectivity index (χ0v) is 13.0. The number of hydrogen-bond acceptors (Lipinski definition) is 5. The van der Waals surface area contributed by atoms with Gasteiger partial charge in [-0.3, -0.25) is 4.79 Å². The molecule has 1 amide bonds. The second-order valence-electron chi connectivity index (χ2n) is 4.34. The molecule has 1 N–H and O–H groups in total. The van der Waals surface area contributed by atoms with Crippen LogP contribution in [0.15, 0.2) is 12.1 Å². The Morgan fingerprint density at radius 1 is 1.14 bits per heavy atom. The number of carbonyl (C=O) groups excluding carboxylic acids is 1. The van der Waals surface area contributed by atoms with Crippen molar-refractivity contribution in [3.63, 3.8) is 0 Å². The van der Waals surface area contributed by atoms with Crippen LogP contribution in [0.2, 0.25) is 0 Å². The van der Waals surface area contributed by atoms with Crippen molar-refractivity contribution in [2.75, 3.05) is 41.0 Å². The molecular formula is C15H23NO5. The Labute approximate surface area is 125 Å². The van der Waals surface area contributed by atoms with Gasteiger partial charge in [0.1, 0.15) is 0 Å². The third kappa shape index (κ3) is 3.78. The summed E-state index contributed by atoms with van der Waals surface area (Å²) in [6.45, 7) is 2.98. The molecule has 0 atom stereocenters. The lowest BCUT2D eigenvalue weighted by Gasteiger charge is -2.22. The number of amides is 1. The van der Waals surface area contributed by atoms with Gasteiger partial charge in [-0.25, -0.2) is 0 Å². The Bertz CT molecular complexity index is 475. The number of aliphatic hydroxyl groups excluding tert-OH is 1. The van der Waals surface area contributed by atoms with Crippen LogP contribution >= 0.6 is 0 Å². The second kappa shape index (κ2) is 8.36. The highest BCUT2D eigenvalue weighted by Crippen LogP contribution is 2.40. The summed E-state index contributed by atoms with van der Waals surface area (Å²) in [5.41, 5.74) is 0.412. The van der Waals surface area contributed by atoms with Gasteiger partial charge >= 0.3 is 0 Å². The molecule has 118 valence electrons. The first-order valence-corrected chi connectivity index (χ1v) is 6.83. The minimum atomic E-state index is -0.163. The zero-order valence-electron chi connectivity index (χ0n) is 13.0. The lowest BCUT2D eigenvalue weighted by Crippen LogP contribution is -2.32. The number of methoxy groups -OCH3 is 3. The lowest BCUT2D eigenvalue weighted by atomic mass is 10.1. The first-order valence-electron chi connectivity index (χ1n) is 6.83. The van der Waals surface area contributed by atoms with Gasteiger partial charge in [0, 0.05) is 19.7 Å².